The van der Waals surface area contributed by atoms with Crippen molar-refractivity contribution >= 4 is 17.3 Å². The summed E-state index contributed by atoms with van der Waals surface area (Å²) < 4.78 is 5.67. The van der Waals surface area contributed by atoms with E-state index in [4.69, 9.17) is 9.84 Å². The van der Waals surface area contributed by atoms with E-state index < -0.39 is 5.97 Å². The summed E-state index contributed by atoms with van der Waals surface area (Å²) in [5.41, 5.74) is 1.69. The zero-order chi connectivity index (χ0) is 14.7. The second-order valence-electron chi connectivity index (χ2n) is 5.08. The van der Waals surface area contributed by atoms with Crippen LogP contribution in [0.2, 0.25) is 0 Å². The first-order chi connectivity index (χ1) is 10.2. The van der Waals surface area contributed by atoms with Gasteiger partial charge in [0.25, 0.3) is 0 Å². The fourth-order valence-electron chi connectivity index (χ4n) is 2.51. The van der Waals surface area contributed by atoms with Crippen LogP contribution < -0.4 is 4.74 Å². The molecule has 2 aromatic rings. The van der Waals surface area contributed by atoms with Crippen LogP contribution in [0.4, 0.5) is 0 Å². The molecule has 2 heterocycles. The minimum atomic E-state index is -0.929. The van der Waals surface area contributed by atoms with Crippen LogP contribution in [0.15, 0.2) is 35.7 Å². The standard InChI is InChI=1S/C16H17NO3S/c18-16(19)12-2-1-3-14(10-12)20-8-7-17-6-4-15-13(11-17)5-9-21-15/h1-3,5,9-10H,4,6-8,11H2,(H,18,19). The Balaban J connectivity index is 1.51. The number of carbonyl (C=O) groups is 1. The van der Waals surface area contributed by atoms with Gasteiger partial charge < -0.3 is 9.84 Å². The Morgan fingerprint density at radius 1 is 1.38 bits per heavy atom. The maximum absolute atomic E-state index is 10.9. The van der Waals surface area contributed by atoms with Crippen molar-refractivity contribution in [3.8, 4) is 5.75 Å². The lowest BCUT2D eigenvalue weighted by Crippen LogP contribution is -2.33. The molecule has 1 aromatic carbocycles. The predicted molar refractivity (Wildman–Crippen MR) is 82.2 cm³/mol. The Morgan fingerprint density at radius 3 is 3.14 bits per heavy atom. The summed E-state index contributed by atoms with van der Waals surface area (Å²) in [7, 11) is 0. The quantitative estimate of drug-likeness (QED) is 0.923. The average molecular weight is 303 g/mol. The number of hydrogen-bond acceptors (Lipinski definition) is 4. The number of aromatic carboxylic acids is 1. The summed E-state index contributed by atoms with van der Waals surface area (Å²) in [6.45, 7) is 3.47. The normalized spacial score (nSPS) is 14.7. The predicted octanol–water partition coefficient (Wildman–Crippen LogP) is 2.88. The van der Waals surface area contributed by atoms with Crippen LogP contribution in [-0.2, 0) is 13.0 Å². The number of carboxylic acid groups (broad SMARTS) is 1. The molecule has 0 fully saturated rings. The van der Waals surface area contributed by atoms with Crippen LogP contribution in [0, 0.1) is 0 Å². The van der Waals surface area contributed by atoms with Gasteiger partial charge in [0.2, 0.25) is 0 Å². The first-order valence-electron chi connectivity index (χ1n) is 6.96. The van der Waals surface area contributed by atoms with E-state index in [9.17, 15) is 4.79 Å². The molecule has 0 spiro atoms. The minimum absolute atomic E-state index is 0.258. The second-order valence-corrected chi connectivity index (χ2v) is 6.08. The zero-order valence-corrected chi connectivity index (χ0v) is 12.4. The van der Waals surface area contributed by atoms with Gasteiger partial charge >= 0.3 is 5.97 Å². The molecule has 0 saturated carbocycles. The molecule has 21 heavy (non-hydrogen) atoms. The number of benzene rings is 1. The highest BCUT2D eigenvalue weighted by atomic mass is 32.1. The Hall–Kier alpha value is -1.85. The molecule has 4 nitrogen and oxygen atoms in total. The van der Waals surface area contributed by atoms with Gasteiger partial charge in [-0.3, -0.25) is 4.90 Å². The van der Waals surface area contributed by atoms with Crippen molar-refractivity contribution in [2.45, 2.75) is 13.0 Å². The number of carboxylic acids is 1. The van der Waals surface area contributed by atoms with Crippen LogP contribution in [0.3, 0.4) is 0 Å². The lowest BCUT2D eigenvalue weighted by Gasteiger charge is -2.26. The van der Waals surface area contributed by atoms with E-state index in [2.05, 4.69) is 16.3 Å². The minimum Gasteiger partial charge on any atom is -0.492 e. The molecule has 1 aromatic heterocycles. The van der Waals surface area contributed by atoms with Gasteiger partial charge in [-0.15, -0.1) is 11.3 Å². The molecular formula is C16H17NO3S. The van der Waals surface area contributed by atoms with Crippen molar-refractivity contribution in [1.82, 2.24) is 4.90 Å². The van der Waals surface area contributed by atoms with Crippen molar-refractivity contribution in [1.29, 1.82) is 0 Å². The summed E-state index contributed by atoms with van der Waals surface area (Å²) in [5.74, 6) is -0.315. The molecule has 0 bridgehead atoms. The van der Waals surface area contributed by atoms with Gasteiger partial charge in [-0.05, 0) is 41.6 Å². The molecule has 5 heteroatoms. The van der Waals surface area contributed by atoms with Crippen LogP contribution in [-0.4, -0.2) is 35.7 Å². The Labute approximate surface area is 127 Å². The molecule has 1 aliphatic heterocycles. The average Bonchev–Trinajstić information content (AvgIpc) is 2.95. The van der Waals surface area contributed by atoms with E-state index in [-0.39, 0.29) is 5.56 Å². The topological polar surface area (TPSA) is 49.8 Å². The fraction of sp³-hybridized carbons (Fsp3) is 0.312. The third kappa shape index (κ3) is 3.43. The molecule has 0 radical (unpaired) electrons. The molecule has 0 aliphatic carbocycles. The van der Waals surface area contributed by atoms with Gasteiger partial charge in [0.1, 0.15) is 12.4 Å². The van der Waals surface area contributed by atoms with Crippen LogP contribution >= 0.6 is 11.3 Å². The van der Waals surface area contributed by atoms with Crippen molar-refractivity contribution in [3.05, 3.63) is 51.7 Å². The highest BCUT2D eigenvalue weighted by Crippen LogP contribution is 2.23. The molecule has 0 amide bonds. The second kappa shape index (κ2) is 6.28. The van der Waals surface area contributed by atoms with Gasteiger partial charge in [-0.1, -0.05) is 6.07 Å². The smallest absolute Gasteiger partial charge is 0.335 e. The summed E-state index contributed by atoms with van der Waals surface area (Å²) >= 11 is 1.84. The monoisotopic (exact) mass is 303 g/mol. The summed E-state index contributed by atoms with van der Waals surface area (Å²) in [6, 6.07) is 8.83. The van der Waals surface area contributed by atoms with Gasteiger partial charge in [-0.25, -0.2) is 4.79 Å². The summed E-state index contributed by atoms with van der Waals surface area (Å²) in [4.78, 5) is 14.8. The summed E-state index contributed by atoms with van der Waals surface area (Å²) in [5, 5.41) is 11.1. The molecule has 3 rings (SSSR count). The van der Waals surface area contributed by atoms with E-state index in [1.165, 1.54) is 10.4 Å². The number of rotatable bonds is 5. The van der Waals surface area contributed by atoms with Crippen LogP contribution in [0.25, 0.3) is 0 Å². The van der Waals surface area contributed by atoms with E-state index in [0.717, 1.165) is 26.1 Å². The van der Waals surface area contributed by atoms with E-state index in [1.54, 1.807) is 24.3 Å². The van der Waals surface area contributed by atoms with E-state index in [1.807, 2.05) is 11.3 Å². The van der Waals surface area contributed by atoms with Gasteiger partial charge in [-0.2, -0.15) is 0 Å². The van der Waals surface area contributed by atoms with E-state index in [0.29, 0.717) is 12.4 Å². The lowest BCUT2D eigenvalue weighted by molar-refractivity contribution is 0.0696. The SMILES string of the molecule is O=C(O)c1cccc(OCCN2CCc3sccc3C2)c1. The molecule has 1 aliphatic rings. The zero-order valence-electron chi connectivity index (χ0n) is 11.6. The molecule has 1 N–H and O–H groups in total. The number of hydrogen-bond donors (Lipinski definition) is 1. The van der Waals surface area contributed by atoms with Crippen LogP contribution in [0.1, 0.15) is 20.8 Å². The number of thiophene rings is 1. The number of fused-ring (bicyclic) bond motifs is 1. The van der Waals surface area contributed by atoms with Crippen LogP contribution in [0.5, 0.6) is 5.75 Å². The van der Waals surface area contributed by atoms with Crippen molar-refractivity contribution in [2.75, 3.05) is 19.7 Å². The Kier molecular flexibility index (Phi) is 4.22. The van der Waals surface area contributed by atoms with Gasteiger partial charge in [0.15, 0.2) is 0 Å². The number of ether oxygens (including phenoxy) is 1. The highest BCUT2D eigenvalue weighted by Gasteiger charge is 2.16. The lowest BCUT2D eigenvalue weighted by atomic mass is 10.1. The fourth-order valence-corrected chi connectivity index (χ4v) is 3.40. The summed E-state index contributed by atoms with van der Waals surface area (Å²) in [6.07, 6.45) is 1.11. The molecular weight excluding hydrogens is 286 g/mol. The third-order valence-corrected chi connectivity index (χ3v) is 4.67. The molecule has 0 unspecified atom stereocenters. The largest absolute Gasteiger partial charge is 0.492 e. The third-order valence-electron chi connectivity index (χ3n) is 3.64. The van der Waals surface area contributed by atoms with Gasteiger partial charge in [0.05, 0.1) is 5.56 Å². The number of nitrogens with zero attached hydrogens (tertiary/aromatic N) is 1. The van der Waals surface area contributed by atoms with Crippen molar-refractivity contribution < 1.29 is 14.6 Å². The highest BCUT2D eigenvalue weighted by molar-refractivity contribution is 7.10. The maximum atomic E-state index is 10.9. The first-order valence-corrected chi connectivity index (χ1v) is 7.84. The maximum Gasteiger partial charge on any atom is 0.335 e. The molecule has 110 valence electrons. The van der Waals surface area contributed by atoms with Gasteiger partial charge in [0, 0.05) is 24.5 Å². The van der Waals surface area contributed by atoms with Crippen molar-refractivity contribution in [3.63, 3.8) is 0 Å². The molecule has 0 atom stereocenters. The van der Waals surface area contributed by atoms with Crippen molar-refractivity contribution in [2.24, 2.45) is 0 Å². The first kappa shape index (κ1) is 14.1. The van der Waals surface area contributed by atoms with E-state index >= 15 is 0 Å². The Bertz CT molecular complexity index is 638. The molecule has 0 saturated heterocycles. The Morgan fingerprint density at radius 2 is 2.29 bits per heavy atom.